The Hall–Kier alpha value is -0.130. The zero-order chi connectivity index (χ0) is 13.5. The second-order valence-electron chi connectivity index (χ2n) is 5.44. The Labute approximate surface area is 124 Å². The van der Waals surface area contributed by atoms with Crippen LogP contribution in [0.1, 0.15) is 32.1 Å². The lowest BCUT2D eigenvalue weighted by Gasteiger charge is -2.22. The van der Waals surface area contributed by atoms with Crippen LogP contribution < -0.4 is 0 Å². The fraction of sp³-hybridized carbons (Fsp3) is 0.929. The van der Waals surface area contributed by atoms with E-state index in [2.05, 4.69) is 20.8 Å². The first-order valence-corrected chi connectivity index (χ1v) is 8.59. The zero-order valence-corrected chi connectivity index (χ0v) is 13.2. The Balaban J connectivity index is 1.69. The Morgan fingerprint density at radius 3 is 2.84 bits per heavy atom. The van der Waals surface area contributed by atoms with Crippen molar-refractivity contribution < 1.29 is 9.53 Å². The van der Waals surface area contributed by atoms with Gasteiger partial charge in [0.15, 0.2) is 0 Å². The van der Waals surface area contributed by atoms with Crippen molar-refractivity contribution in [2.24, 2.45) is 0 Å². The highest BCUT2D eigenvalue weighted by molar-refractivity contribution is 9.09. The maximum atomic E-state index is 12.2. The molecule has 4 nitrogen and oxygen atoms in total. The van der Waals surface area contributed by atoms with Crippen LogP contribution in [0.4, 0.5) is 0 Å². The third kappa shape index (κ3) is 5.04. The maximum Gasteiger partial charge on any atom is 0.222 e. The molecule has 2 rings (SSSR count). The molecule has 1 unspecified atom stereocenters. The fourth-order valence-corrected chi connectivity index (χ4v) is 3.38. The first-order chi connectivity index (χ1) is 9.29. The minimum Gasteiger partial charge on any atom is -0.378 e. The third-order valence-corrected chi connectivity index (χ3v) is 4.40. The van der Waals surface area contributed by atoms with E-state index in [1.54, 1.807) is 0 Å². The molecule has 1 amide bonds. The summed E-state index contributed by atoms with van der Waals surface area (Å²) < 4.78 is 5.58. The van der Waals surface area contributed by atoms with E-state index in [0.29, 0.717) is 18.4 Å². The lowest BCUT2D eigenvalue weighted by molar-refractivity contribution is -0.131. The summed E-state index contributed by atoms with van der Waals surface area (Å²) in [5, 5.41) is 1.01. The van der Waals surface area contributed by atoms with Crippen molar-refractivity contribution >= 4 is 21.8 Å². The average Bonchev–Trinajstić information content (AvgIpc) is 2.82. The molecule has 2 saturated heterocycles. The zero-order valence-electron chi connectivity index (χ0n) is 11.7. The number of carbonyl (C=O) groups is 1. The van der Waals surface area contributed by atoms with Gasteiger partial charge in [-0.1, -0.05) is 15.9 Å². The summed E-state index contributed by atoms with van der Waals surface area (Å²) in [6.07, 6.45) is 5.28. The molecule has 5 heteroatoms. The lowest BCUT2D eigenvalue weighted by atomic mass is 10.1. The minimum atomic E-state index is 0.316. The van der Waals surface area contributed by atoms with Crippen molar-refractivity contribution in [1.82, 2.24) is 9.80 Å². The molecule has 0 radical (unpaired) electrons. The number of carbonyl (C=O) groups excluding carboxylic acids is 1. The van der Waals surface area contributed by atoms with E-state index in [9.17, 15) is 4.79 Å². The summed E-state index contributed by atoms with van der Waals surface area (Å²) in [7, 11) is 0. The van der Waals surface area contributed by atoms with Crippen LogP contribution in [-0.2, 0) is 9.53 Å². The van der Waals surface area contributed by atoms with Crippen molar-refractivity contribution in [2.75, 3.05) is 44.7 Å². The van der Waals surface area contributed by atoms with Crippen LogP contribution in [0, 0.1) is 0 Å². The van der Waals surface area contributed by atoms with E-state index in [4.69, 9.17) is 4.74 Å². The molecule has 0 N–H and O–H groups in total. The maximum absolute atomic E-state index is 12.2. The number of halogens is 1. The molecule has 19 heavy (non-hydrogen) atoms. The van der Waals surface area contributed by atoms with Crippen molar-refractivity contribution in [1.29, 1.82) is 0 Å². The van der Waals surface area contributed by atoms with Crippen LogP contribution in [0.15, 0.2) is 0 Å². The Morgan fingerprint density at radius 2 is 2.11 bits per heavy atom. The summed E-state index contributed by atoms with van der Waals surface area (Å²) in [5.74, 6) is 0.316. The van der Waals surface area contributed by atoms with Crippen LogP contribution in [0.5, 0.6) is 0 Å². The molecule has 0 bridgehead atoms. The molecule has 0 aromatic rings. The van der Waals surface area contributed by atoms with Gasteiger partial charge in [-0.25, -0.2) is 0 Å². The molecule has 0 aromatic heterocycles. The van der Waals surface area contributed by atoms with E-state index < -0.39 is 0 Å². The molecule has 0 aliphatic carbocycles. The van der Waals surface area contributed by atoms with Crippen LogP contribution >= 0.6 is 15.9 Å². The number of nitrogens with zero attached hydrogens (tertiary/aromatic N) is 2. The Morgan fingerprint density at radius 1 is 1.21 bits per heavy atom. The molecular formula is C14H25BrN2O2. The highest BCUT2D eigenvalue weighted by Crippen LogP contribution is 2.17. The van der Waals surface area contributed by atoms with Gasteiger partial charge in [0.1, 0.15) is 0 Å². The number of hydrogen-bond donors (Lipinski definition) is 0. The predicted octanol–water partition coefficient (Wildman–Crippen LogP) is 1.87. The second kappa shape index (κ2) is 8.22. The van der Waals surface area contributed by atoms with Crippen LogP contribution in [0.25, 0.3) is 0 Å². The summed E-state index contributed by atoms with van der Waals surface area (Å²) in [4.78, 5) is 16.7. The molecule has 0 saturated carbocycles. The van der Waals surface area contributed by atoms with E-state index >= 15 is 0 Å². The van der Waals surface area contributed by atoms with E-state index in [0.717, 1.165) is 70.3 Å². The Bertz CT molecular complexity index is 283. The van der Waals surface area contributed by atoms with Gasteiger partial charge in [-0.2, -0.15) is 0 Å². The van der Waals surface area contributed by atoms with Gasteiger partial charge < -0.3 is 14.5 Å². The number of alkyl halides is 1. The molecule has 0 spiro atoms. The minimum absolute atomic E-state index is 0.316. The van der Waals surface area contributed by atoms with E-state index in [1.807, 2.05) is 4.90 Å². The summed E-state index contributed by atoms with van der Waals surface area (Å²) in [6.45, 7) is 5.89. The first-order valence-electron chi connectivity index (χ1n) is 7.47. The quantitative estimate of drug-likeness (QED) is 0.720. The molecule has 0 aromatic carbocycles. The normalized spacial score (nSPS) is 25.5. The Kier molecular flexibility index (Phi) is 6.61. The van der Waals surface area contributed by atoms with Crippen LogP contribution in [0.2, 0.25) is 0 Å². The summed E-state index contributed by atoms with van der Waals surface area (Å²) >= 11 is 3.48. The first kappa shape index (κ1) is 15.3. The van der Waals surface area contributed by atoms with E-state index in [-0.39, 0.29) is 0 Å². The van der Waals surface area contributed by atoms with Crippen molar-refractivity contribution in [3.63, 3.8) is 0 Å². The molecule has 1 atom stereocenters. The number of amides is 1. The molecule has 110 valence electrons. The van der Waals surface area contributed by atoms with Crippen LogP contribution in [0.3, 0.4) is 0 Å². The molecule has 2 aliphatic rings. The van der Waals surface area contributed by atoms with Gasteiger partial charge in [0.05, 0.1) is 6.10 Å². The van der Waals surface area contributed by atoms with Gasteiger partial charge in [-0.15, -0.1) is 0 Å². The van der Waals surface area contributed by atoms with E-state index in [1.165, 1.54) is 0 Å². The molecular weight excluding hydrogens is 308 g/mol. The number of rotatable bonds is 5. The van der Waals surface area contributed by atoms with Crippen LogP contribution in [-0.4, -0.2) is 66.5 Å². The topological polar surface area (TPSA) is 32.8 Å². The number of hydrogen-bond acceptors (Lipinski definition) is 3. The monoisotopic (exact) mass is 332 g/mol. The number of ether oxygens (including phenoxy) is 1. The van der Waals surface area contributed by atoms with Crippen molar-refractivity contribution in [3.8, 4) is 0 Å². The molecule has 2 fully saturated rings. The van der Waals surface area contributed by atoms with Gasteiger partial charge in [0.25, 0.3) is 0 Å². The largest absolute Gasteiger partial charge is 0.378 e. The smallest absolute Gasteiger partial charge is 0.222 e. The average molecular weight is 333 g/mol. The highest BCUT2D eigenvalue weighted by Gasteiger charge is 2.21. The second-order valence-corrected chi connectivity index (χ2v) is 6.23. The van der Waals surface area contributed by atoms with Gasteiger partial charge in [0.2, 0.25) is 5.91 Å². The SMILES string of the molecule is O=C(CCC1CCCO1)N1CCCN(CCBr)CC1. The third-order valence-electron chi connectivity index (χ3n) is 4.05. The van der Waals surface area contributed by atoms with Gasteiger partial charge in [0, 0.05) is 44.5 Å². The van der Waals surface area contributed by atoms with Crippen molar-refractivity contribution in [3.05, 3.63) is 0 Å². The van der Waals surface area contributed by atoms with Gasteiger partial charge >= 0.3 is 0 Å². The van der Waals surface area contributed by atoms with Gasteiger partial charge in [-0.05, 0) is 32.2 Å². The predicted molar refractivity (Wildman–Crippen MR) is 79.6 cm³/mol. The summed E-state index contributed by atoms with van der Waals surface area (Å²) in [6, 6.07) is 0. The lowest BCUT2D eigenvalue weighted by Crippen LogP contribution is -2.35. The molecule has 2 aliphatic heterocycles. The standard InChI is InChI=1S/C14H25BrN2O2/c15-6-9-16-7-2-8-17(11-10-16)14(18)5-4-13-3-1-12-19-13/h13H,1-12H2. The highest BCUT2D eigenvalue weighted by atomic mass is 79.9. The van der Waals surface area contributed by atoms with Gasteiger partial charge in [-0.3, -0.25) is 4.79 Å². The van der Waals surface area contributed by atoms with Crippen molar-refractivity contribution in [2.45, 2.75) is 38.2 Å². The fourth-order valence-electron chi connectivity index (χ4n) is 2.88. The summed E-state index contributed by atoms with van der Waals surface area (Å²) in [5.41, 5.74) is 0. The molecule has 2 heterocycles.